The number of morpholine rings is 1. The van der Waals surface area contributed by atoms with Gasteiger partial charge in [-0.3, -0.25) is 10.00 Å². The summed E-state index contributed by atoms with van der Waals surface area (Å²) in [5.74, 6) is 2.72. The predicted octanol–water partition coefficient (Wildman–Crippen LogP) is 0.745. The van der Waals surface area contributed by atoms with Gasteiger partial charge in [0.25, 0.3) is 0 Å². The molecule has 8 heteroatoms. The fourth-order valence-electron chi connectivity index (χ4n) is 2.85. The van der Waals surface area contributed by atoms with Gasteiger partial charge in [0.15, 0.2) is 17.3 Å². The Balaban J connectivity index is 1.64. The van der Waals surface area contributed by atoms with E-state index in [1.54, 1.807) is 14.2 Å². The van der Waals surface area contributed by atoms with Crippen LogP contribution in [0.2, 0.25) is 0 Å². The molecule has 1 unspecified atom stereocenters. The third-order valence-corrected chi connectivity index (χ3v) is 4.36. The summed E-state index contributed by atoms with van der Waals surface area (Å²) in [6, 6.07) is 5.16. The summed E-state index contributed by atoms with van der Waals surface area (Å²) in [6.45, 7) is 4.46. The number of methoxy groups -OCH3 is 2. The first-order valence-corrected chi connectivity index (χ1v) is 8.40. The molecule has 3 rings (SSSR count). The first-order valence-electron chi connectivity index (χ1n) is 8.40. The number of nitrogens with one attached hydrogen (secondary N) is 1. The van der Waals surface area contributed by atoms with E-state index < -0.39 is 6.04 Å². The maximum Gasteiger partial charge on any atom is 0.171 e. The van der Waals surface area contributed by atoms with E-state index in [2.05, 4.69) is 20.1 Å². The van der Waals surface area contributed by atoms with Crippen LogP contribution < -0.4 is 15.2 Å². The topological polar surface area (TPSA) is 98.5 Å². The highest BCUT2D eigenvalue weighted by Gasteiger charge is 2.17. The molecule has 25 heavy (non-hydrogen) atoms. The summed E-state index contributed by atoms with van der Waals surface area (Å²) in [4.78, 5) is 6.91. The van der Waals surface area contributed by atoms with Crippen molar-refractivity contribution in [3.05, 3.63) is 35.4 Å². The first-order chi connectivity index (χ1) is 12.2. The zero-order valence-electron chi connectivity index (χ0n) is 14.7. The average molecular weight is 347 g/mol. The number of H-pyrrole nitrogens is 1. The third kappa shape index (κ3) is 4.28. The number of nitrogens with two attached hydrogens (primary N) is 1. The van der Waals surface area contributed by atoms with E-state index in [-0.39, 0.29) is 0 Å². The molecular weight excluding hydrogens is 322 g/mol. The minimum absolute atomic E-state index is 0.423. The Hall–Kier alpha value is -2.16. The molecule has 0 aliphatic carbocycles. The van der Waals surface area contributed by atoms with Gasteiger partial charge in [0, 0.05) is 26.1 Å². The van der Waals surface area contributed by atoms with Gasteiger partial charge in [0.2, 0.25) is 0 Å². The van der Waals surface area contributed by atoms with Gasteiger partial charge in [-0.05, 0) is 17.7 Å². The second-order valence-corrected chi connectivity index (χ2v) is 5.94. The maximum atomic E-state index is 6.32. The molecule has 0 spiro atoms. The molecule has 1 atom stereocenters. The van der Waals surface area contributed by atoms with Crippen molar-refractivity contribution in [2.45, 2.75) is 12.5 Å². The number of rotatable bonds is 7. The number of aromatic amines is 1. The highest BCUT2D eigenvalue weighted by atomic mass is 16.5. The minimum atomic E-state index is -0.423. The van der Waals surface area contributed by atoms with E-state index >= 15 is 0 Å². The van der Waals surface area contributed by atoms with Crippen LogP contribution in [-0.2, 0) is 11.2 Å². The van der Waals surface area contributed by atoms with Gasteiger partial charge in [-0.25, -0.2) is 4.98 Å². The lowest BCUT2D eigenvalue weighted by molar-refractivity contribution is 0.0382. The summed E-state index contributed by atoms with van der Waals surface area (Å²) < 4.78 is 15.9. The largest absolute Gasteiger partial charge is 0.493 e. The van der Waals surface area contributed by atoms with Gasteiger partial charge in [-0.15, -0.1) is 0 Å². The Kier molecular flexibility index (Phi) is 5.85. The van der Waals surface area contributed by atoms with E-state index in [0.29, 0.717) is 17.3 Å². The van der Waals surface area contributed by atoms with Crippen molar-refractivity contribution in [2.24, 2.45) is 5.73 Å². The molecule has 1 saturated heterocycles. The van der Waals surface area contributed by atoms with Crippen molar-refractivity contribution in [1.29, 1.82) is 0 Å². The summed E-state index contributed by atoms with van der Waals surface area (Å²) in [6.07, 6.45) is 0.811. The van der Waals surface area contributed by atoms with Crippen LogP contribution in [0.1, 0.15) is 23.3 Å². The van der Waals surface area contributed by atoms with Crippen molar-refractivity contribution >= 4 is 0 Å². The predicted molar refractivity (Wildman–Crippen MR) is 92.9 cm³/mol. The van der Waals surface area contributed by atoms with Crippen molar-refractivity contribution in [1.82, 2.24) is 20.1 Å². The van der Waals surface area contributed by atoms with Crippen LogP contribution in [0.25, 0.3) is 0 Å². The van der Waals surface area contributed by atoms with E-state index in [1.165, 1.54) is 0 Å². The molecule has 0 radical (unpaired) electrons. The third-order valence-electron chi connectivity index (χ3n) is 4.36. The molecule has 3 N–H and O–H groups in total. The SMILES string of the molecule is COc1ccc(C(N)c2n[nH]c(CCN3CCOCC3)n2)cc1OC. The minimum Gasteiger partial charge on any atom is -0.493 e. The van der Waals surface area contributed by atoms with Gasteiger partial charge in [-0.1, -0.05) is 6.07 Å². The Morgan fingerprint density at radius 1 is 1.24 bits per heavy atom. The van der Waals surface area contributed by atoms with Gasteiger partial charge >= 0.3 is 0 Å². The molecule has 2 aromatic rings. The first kappa shape index (κ1) is 17.7. The smallest absolute Gasteiger partial charge is 0.171 e. The zero-order chi connectivity index (χ0) is 17.6. The molecule has 0 amide bonds. The summed E-state index contributed by atoms with van der Waals surface area (Å²) >= 11 is 0. The summed E-state index contributed by atoms with van der Waals surface area (Å²) in [5.41, 5.74) is 7.19. The molecule has 2 heterocycles. The molecule has 8 nitrogen and oxygen atoms in total. The number of nitrogens with zero attached hydrogens (tertiary/aromatic N) is 3. The number of hydrogen-bond donors (Lipinski definition) is 2. The van der Waals surface area contributed by atoms with E-state index in [1.807, 2.05) is 18.2 Å². The fraction of sp³-hybridized carbons (Fsp3) is 0.529. The molecule has 1 fully saturated rings. The van der Waals surface area contributed by atoms with E-state index in [4.69, 9.17) is 19.9 Å². The van der Waals surface area contributed by atoms with Crippen LogP contribution in [0.5, 0.6) is 11.5 Å². The number of benzene rings is 1. The molecule has 0 saturated carbocycles. The number of hydrogen-bond acceptors (Lipinski definition) is 7. The van der Waals surface area contributed by atoms with E-state index in [0.717, 1.165) is 50.7 Å². The van der Waals surface area contributed by atoms with Crippen LogP contribution in [0.15, 0.2) is 18.2 Å². The lowest BCUT2D eigenvalue weighted by atomic mass is 10.1. The van der Waals surface area contributed by atoms with Crippen LogP contribution in [0.4, 0.5) is 0 Å². The monoisotopic (exact) mass is 347 g/mol. The van der Waals surface area contributed by atoms with Gasteiger partial charge in [0.1, 0.15) is 5.82 Å². The number of aromatic nitrogens is 3. The highest BCUT2D eigenvalue weighted by molar-refractivity contribution is 5.44. The number of ether oxygens (including phenoxy) is 3. The van der Waals surface area contributed by atoms with Crippen LogP contribution in [-0.4, -0.2) is 67.1 Å². The normalized spacial score (nSPS) is 16.6. The van der Waals surface area contributed by atoms with Crippen molar-refractivity contribution in [2.75, 3.05) is 47.1 Å². The Morgan fingerprint density at radius 2 is 2.00 bits per heavy atom. The van der Waals surface area contributed by atoms with Gasteiger partial charge in [-0.2, -0.15) is 5.10 Å². The standard InChI is InChI=1S/C17H25N5O3/c1-23-13-4-3-12(11-14(13)24-2)16(18)17-19-15(20-21-17)5-6-22-7-9-25-10-8-22/h3-4,11,16H,5-10,18H2,1-2H3,(H,19,20,21). The summed E-state index contributed by atoms with van der Waals surface area (Å²) in [5, 5.41) is 7.27. The lowest BCUT2D eigenvalue weighted by Gasteiger charge is -2.25. The van der Waals surface area contributed by atoms with Gasteiger partial charge in [0.05, 0.1) is 33.5 Å². The van der Waals surface area contributed by atoms with E-state index in [9.17, 15) is 0 Å². The van der Waals surface area contributed by atoms with Gasteiger partial charge < -0.3 is 19.9 Å². The second-order valence-electron chi connectivity index (χ2n) is 5.94. The molecule has 1 aromatic heterocycles. The van der Waals surface area contributed by atoms with Crippen molar-refractivity contribution < 1.29 is 14.2 Å². The Morgan fingerprint density at radius 3 is 2.72 bits per heavy atom. The highest BCUT2D eigenvalue weighted by Crippen LogP contribution is 2.30. The fourth-order valence-corrected chi connectivity index (χ4v) is 2.85. The Labute approximate surface area is 147 Å². The molecule has 136 valence electrons. The van der Waals surface area contributed by atoms with Crippen LogP contribution >= 0.6 is 0 Å². The molecule has 0 bridgehead atoms. The molecule has 1 aromatic carbocycles. The Bertz CT molecular complexity index is 685. The lowest BCUT2D eigenvalue weighted by Crippen LogP contribution is -2.37. The van der Waals surface area contributed by atoms with Crippen LogP contribution in [0.3, 0.4) is 0 Å². The molecular formula is C17H25N5O3. The maximum absolute atomic E-state index is 6.32. The molecule has 1 aliphatic heterocycles. The zero-order valence-corrected chi connectivity index (χ0v) is 14.7. The van der Waals surface area contributed by atoms with Crippen molar-refractivity contribution in [3.63, 3.8) is 0 Å². The van der Waals surface area contributed by atoms with Crippen molar-refractivity contribution in [3.8, 4) is 11.5 Å². The van der Waals surface area contributed by atoms with Crippen LogP contribution in [0, 0.1) is 0 Å². The average Bonchev–Trinajstić information content (AvgIpc) is 3.15. The second kappa shape index (κ2) is 8.28. The summed E-state index contributed by atoms with van der Waals surface area (Å²) in [7, 11) is 3.21. The quantitative estimate of drug-likeness (QED) is 0.762. The molecule has 1 aliphatic rings.